The lowest BCUT2D eigenvalue weighted by molar-refractivity contribution is -0.118. The lowest BCUT2D eigenvalue weighted by atomic mass is 10.2. The molecule has 0 atom stereocenters. The maximum Gasteiger partial charge on any atom is 0.250 e. The van der Waals surface area contributed by atoms with Gasteiger partial charge in [0.2, 0.25) is 0 Å². The monoisotopic (exact) mass is 507 g/mol. The fourth-order valence-electron chi connectivity index (χ4n) is 3.18. The Kier molecular flexibility index (Phi) is 8.02. The molecule has 1 aromatic heterocycles. The largest absolute Gasteiger partial charge is 0.497 e. The molecule has 4 aromatic rings. The Balaban J connectivity index is 1.53. The van der Waals surface area contributed by atoms with Crippen LogP contribution in [0.2, 0.25) is 5.02 Å². The van der Waals surface area contributed by atoms with Crippen molar-refractivity contribution in [2.24, 2.45) is 5.10 Å². The molecule has 0 radical (unpaired) electrons. The Hall–Kier alpha value is -3.82. The molecule has 1 amide bonds. The second-order valence-electron chi connectivity index (χ2n) is 7.20. The summed E-state index contributed by atoms with van der Waals surface area (Å²) in [6.07, 6.45) is 1.54. The molecule has 8 nitrogen and oxygen atoms in total. The van der Waals surface area contributed by atoms with Crippen molar-refractivity contribution in [1.29, 1.82) is 0 Å². The molecule has 0 saturated carbocycles. The van der Waals surface area contributed by atoms with Crippen LogP contribution in [-0.2, 0) is 4.79 Å². The molecule has 0 aliphatic rings. The molecule has 35 heavy (non-hydrogen) atoms. The van der Waals surface area contributed by atoms with E-state index in [2.05, 4.69) is 20.7 Å². The summed E-state index contributed by atoms with van der Waals surface area (Å²) in [6.45, 7) is 0. The zero-order chi connectivity index (χ0) is 24.6. The molecular weight excluding hydrogens is 486 g/mol. The van der Waals surface area contributed by atoms with Crippen LogP contribution >= 0.6 is 23.4 Å². The fourth-order valence-corrected chi connectivity index (χ4v) is 4.13. The third kappa shape index (κ3) is 6.20. The summed E-state index contributed by atoms with van der Waals surface area (Å²) in [5.74, 6) is 1.94. The van der Waals surface area contributed by atoms with Crippen LogP contribution in [0, 0.1) is 0 Å². The first-order chi connectivity index (χ1) is 17.1. The van der Waals surface area contributed by atoms with Gasteiger partial charge in [0.25, 0.3) is 5.91 Å². The molecular formula is C25H22ClN5O3S. The summed E-state index contributed by atoms with van der Waals surface area (Å²) in [5, 5.41) is 13.9. The molecule has 0 fully saturated rings. The minimum Gasteiger partial charge on any atom is -0.497 e. The van der Waals surface area contributed by atoms with Gasteiger partial charge in [-0.05, 0) is 66.2 Å². The summed E-state index contributed by atoms with van der Waals surface area (Å²) < 4.78 is 12.4. The number of benzene rings is 3. The Morgan fingerprint density at radius 2 is 1.71 bits per heavy atom. The van der Waals surface area contributed by atoms with Crippen LogP contribution in [0.4, 0.5) is 0 Å². The predicted octanol–water partition coefficient (Wildman–Crippen LogP) is 4.85. The van der Waals surface area contributed by atoms with E-state index >= 15 is 0 Å². The van der Waals surface area contributed by atoms with Crippen LogP contribution in [0.3, 0.4) is 0 Å². The third-order valence-electron chi connectivity index (χ3n) is 4.90. The highest BCUT2D eigenvalue weighted by Gasteiger charge is 2.17. The van der Waals surface area contributed by atoms with E-state index in [-0.39, 0.29) is 11.7 Å². The van der Waals surface area contributed by atoms with Gasteiger partial charge in [0.1, 0.15) is 11.5 Å². The molecule has 1 N–H and O–H groups in total. The number of ether oxygens (including phenoxy) is 2. The van der Waals surface area contributed by atoms with Crippen molar-refractivity contribution in [3.05, 3.63) is 83.4 Å². The van der Waals surface area contributed by atoms with Crippen molar-refractivity contribution in [1.82, 2.24) is 20.2 Å². The van der Waals surface area contributed by atoms with Crippen molar-refractivity contribution in [3.8, 4) is 28.6 Å². The van der Waals surface area contributed by atoms with E-state index in [0.717, 1.165) is 28.3 Å². The minimum atomic E-state index is -0.274. The number of carbonyl (C=O) groups excluding carboxylic acids is 1. The van der Waals surface area contributed by atoms with E-state index in [1.165, 1.54) is 18.0 Å². The molecule has 0 spiro atoms. The Morgan fingerprint density at radius 3 is 2.37 bits per heavy atom. The SMILES string of the molecule is COc1ccc(-c2nnc(SCC(=O)NN=Cc3cccc(Cl)c3)n2-c2ccc(OC)cc2)cc1. The number of carbonyl (C=O) groups is 1. The van der Waals surface area contributed by atoms with E-state index < -0.39 is 0 Å². The number of rotatable bonds is 9. The van der Waals surface area contributed by atoms with Gasteiger partial charge >= 0.3 is 0 Å². The molecule has 4 rings (SSSR count). The molecule has 1 heterocycles. The molecule has 0 saturated heterocycles. The molecule has 3 aromatic carbocycles. The first kappa shape index (κ1) is 24.3. The van der Waals surface area contributed by atoms with Crippen LogP contribution in [0.1, 0.15) is 5.56 Å². The maximum absolute atomic E-state index is 12.4. The Labute approximate surface area is 211 Å². The first-order valence-corrected chi connectivity index (χ1v) is 11.9. The van der Waals surface area contributed by atoms with Crippen molar-refractivity contribution in [2.45, 2.75) is 5.16 Å². The predicted molar refractivity (Wildman–Crippen MR) is 138 cm³/mol. The first-order valence-electron chi connectivity index (χ1n) is 10.5. The summed E-state index contributed by atoms with van der Waals surface area (Å²) in [7, 11) is 3.24. The highest BCUT2D eigenvalue weighted by atomic mass is 35.5. The minimum absolute atomic E-state index is 0.101. The van der Waals surface area contributed by atoms with Gasteiger partial charge in [-0.15, -0.1) is 10.2 Å². The number of aromatic nitrogens is 3. The van der Waals surface area contributed by atoms with Crippen LogP contribution in [0.15, 0.2) is 83.1 Å². The normalized spacial score (nSPS) is 10.9. The van der Waals surface area contributed by atoms with Crippen molar-refractivity contribution in [3.63, 3.8) is 0 Å². The van der Waals surface area contributed by atoms with Gasteiger partial charge in [-0.3, -0.25) is 9.36 Å². The number of nitrogens with zero attached hydrogens (tertiary/aromatic N) is 4. The van der Waals surface area contributed by atoms with Gasteiger partial charge in [0.05, 0.1) is 26.2 Å². The summed E-state index contributed by atoms with van der Waals surface area (Å²) in [6, 6.07) is 22.3. The van der Waals surface area contributed by atoms with Crippen molar-refractivity contribution < 1.29 is 14.3 Å². The average Bonchev–Trinajstić information content (AvgIpc) is 3.31. The molecule has 0 aliphatic heterocycles. The van der Waals surface area contributed by atoms with Gasteiger partial charge in [-0.2, -0.15) is 5.10 Å². The van der Waals surface area contributed by atoms with Gasteiger partial charge < -0.3 is 9.47 Å². The summed E-state index contributed by atoms with van der Waals surface area (Å²) in [5.41, 5.74) is 5.01. The highest BCUT2D eigenvalue weighted by Crippen LogP contribution is 2.29. The lowest BCUT2D eigenvalue weighted by Crippen LogP contribution is -2.20. The summed E-state index contributed by atoms with van der Waals surface area (Å²) >= 11 is 7.22. The second-order valence-corrected chi connectivity index (χ2v) is 8.58. The number of methoxy groups -OCH3 is 2. The van der Waals surface area contributed by atoms with Gasteiger partial charge in [0, 0.05) is 16.3 Å². The quantitative estimate of drug-likeness (QED) is 0.198. The number of hydrogen-bond acceptors (Lipinski definition) is 7. The van der Waals surface area contributed by atoms with Crippen molar-refractivity contribution >= 4 is 35.5 Å². The van der Waals surface area contributed by atoms with Crippen molar-refractivity contribution in [2.75, 3.05) is 20.0 Å². The van der Waals surface area contributed by atoms with E-state index in [4.69, 9.17) is 21.1 Å². The number of nitrogens with one attached hydrogen (secondary N) is 1. The van der Waals surface area contributed by atoms with Gasteiger partial charge in [-0.25, -0.2) is 5.43 Å². The molecule has 0 bridgehead atoms. The van der Waals surface area contributed by atoms with E-state index in [9.17, 15) is 4.79 Å². The lowest BCUT2D eigenvalue weighted by Gasteiger charge is -2.11. The van der Waals surface area contributed by atoms with Crippen LogP contribution in [-0.4, -0.2) is 46.9 Å². The maximum atomic E-state index is 12.4. The zero-order valence-electron chi connectivity index (χ0n) is 19.0. The second kappa shape index (κ2) is 11.5. The topological polar surface area (TPSA) is 90.6 Å². The smallest absolute Gasteiger partial charge is 0.250 e. The molecule has 0 unspecified atom stereocenters. The third-order valence-corrected chi connectivity index (χ3v) is 6.06. The molecule has 0 aliphatic carbocycles. The van der Waals surface area contributed by atoms with E-state index in [1.54, 1.807) is 26.4 Å². The molecule has 10 heteroatoms. The van der Waals surface area contributed by atoms with E-state index in [1.807, 2.05) is 65.2 Å². The molecule has 178 valence electrons. The van der Waals surface area contributed by atoms with Gasteiger partial charge in [-0.1, -0.05) is 35.5 Å². The number of hydrogen-bond donors (Lipinski definition) is 1. The van der Waals surface area contributed by atoms with Crippen LogP contribution in [0.5, 0.6) is 11.5 Å². The number of amides is 1. The van der Waals surface area contributed by atoms with Gasteiger partial charge in [0.15, 0.2) is 11.0 Å². The van der Waals surface area contributed by atoms with Crippen LogP contribution < -0.4 is 14.9 Å². The number of halogens is 1. The van der Waals surface area contributed by atoms with Crippen LogP contribution in [0.25, 0.3) is 17.1 Å². The summed E-state index contributed by atoms with van der Waals surface area (Å²) in [4.78, 5) is 12.4. The Morgan fingerprint density at radius 1 is 1.03 bits per heavy atom. The highest BCUT2D eigenvalue weighted by molar-refractivity contribution is 7.99. The number of thioether (sulfide) groups is 1. The average molecular weight is 508 g/mol. The number of hydrazone groups is 1. The fraction of sp³-hybridized carbons (Fsp3) is 0.120. The van der Waals surface area contributed by atoms with E-state index in [0.29, 0.717) is 16.0 Å². The zero-order valence-corrected chi connectivity index (χ0v) is 20.6. The standard InChI is InChI=1S/C25H22ClN5O3S/c1-33-21-10-6-18(7-11-21)24-29-30-25(31(24)20-8-12-22(34-2)13-9-20)35-16-23(32)28-27-15-17-4-3-5-19(26)14-17/h3-15H,16H2,1-2H3,(H,28,32). The Bertz CT molecular complexity index is 1320.